The number of hydrogen-bond acceptors (Lipinski definition) is 3. The molecule has 0 aliphatic rings. The summed E-state index contributed by atoms with van der Waals surface area (Å²) in [6.45, 7) is 0. The van der Waals surface area contributed by atoms with E-state index in [2.05, 4.69) is 0 Å². The predicted octanol–water partition coefficient (Wildman–Crippen LogP) is 0.776. The van der Waals surface area contributed by atoms with Gasteiger partial charge in [-0.1, -0.05) is 0 Å². The van der Waals surface area contributed by atoms with Gasteiger partial charge in [-0.05, 0) is 0 Å². The highest BCUT2D eigenvalue weighted by Gasteiger charge is 1.85. The molecule has 4 heteroatoms. The van der Waals surface area contributed by atoms with Gasteiger partial charge < -0.3 is 0 Å². The summed E-state index contributed by atoms with van der Waals surface area (Å²) in [7, 11) is -2.22. The van der Waals surface area contributed by atoms with Gasteiger partial charge in [0.1, 0.15) is 0 Å². The summed E-state index contributed by atoms with van der Waals surface area (Å²) >= 11 is 0. The van der Waals surface area contributed by atoms with Gasteiger partial charge in [0.15, 0.2) is 11.6 Å². The molecule has 0 aromatic heterocycles. The molecular formula is C2N2OP. The van der Waals surface area contributed by atoms with E-state index >= 15 is 0 Å². The van der Waals surface area contributed by atoms with Gasteiger partial charge in [0, 0.05) is 0 Å². The Bertz CT molecular complexity index is 123. The monoisotopic (exact) mass is 99.0 g/mol. The molecule has 0 atom stereocenters. The van der Waals surface area contributed by atoms with Gasteiger partial charge in [0.25, 0.3) is 7.80 Å². The molecule has 0 saturated carbocycles. The zero-order valence-corrected chi connectivity index (χ0v) is 3.64. The van der Waals surface area contributed by atoms with E-state index in [1.54, 1.807) is 0 Å². The quantitative estimate of drug-likeness (QED) is 0.421. The van der Waals surface area contributed by atoms with E-state index in [9.17, 15) is 4.57 Å². The van der Waals surface area contributed by atoms with E-state index in [4.69, 9.17) is 10.5 Å². The molecule has 6 heavy (non-hydrogen) atoms. The average molecular weight is 99.0 g/mol. The molecule has 29 valence electrons. The molecule has 0 rings (SSSR count). The molecule has 0 aromatic rings. The van der Waals surface area contributed by atoms with Crippen molar-refractivity contribution in [2.75, 3.05) is 0 Å². The Morgan fingerprint density at radius 2 is 1.67 bits per heavy atom. The predicted molar refractivity (Wildman–Crippen MR) is 18.8 cm³/mol. The normalized spacial score (nSPS) is 5.00. The van der Waals surface area contributed by atoms with Crippen molar-refractivity contribution in [1.29, 1.82) is 10.5 Å². The number of hydrogen-bond donors (Lipinski definition) is 0. The Morgan fingerprint density at radius 1 is 1.33 bits per heavy atom. The Morgan fingerprint density at radius 3 is 1.67 bits per heavy atom. The zero-order chi connectivity index (χ0) is 4.99. The largest absolute Gasteiger partial charge is 0.283 e. The van der Waals surface area contributed by atoms with Crippen LogP contribution in [0.1, 0.15) is 0 Å². The summed E-state index contributed by atoms with van der Waals surface area (Å²) in [6.07, 6.45) is 0. The number of nitrogens with zero attached hydrogens (tertiary/aromatic N) is 2. The van der Waals surface area contributed by atoms with Crippen LogP contribution in [0, 0.1) is 22.1 Å². The third kappa shape index (κ3) is 1.40. The fourth-order valence-corrected chi connectivity index (χ4v) is 0.0671. The lowest BCUT2D eigenvalue weighted by atomic mass is 11.8. The van der Waals surface area contributed by atoms with Crippen LogP contribution in [0.3, 0.4) is 0 Å². The van der Waals surface area contributed by atoms with E-state index in [1.165, 1.54) is 11.6 Å². The summed E-state index contributed by atoms with van der Waals surface area (Å²) < 4.78 is 9.61. The lowest BCUT2D eigenvalue weighted by Gasteiger charge is -1.51. The SMILES string of the molecule is N#C[P](=O)C#N. The van der Waals surface area contributed by atoms with Crippen molar-refractivity contribution in [3.05, 3.63) is 0 Å². The average Bonchev–Trinajstić information content (AvgIpc) is 1.65. The van der Waals surface area contributed by atoms with Crippen molar-refractivity contribution >= 4 is 7.80 Å². The van der Waals surface area contributed by atoms with Gasteiger partial charge in [-0.3, -0.25) is 4.57 Å². The van der Waals surface area contributed by atoms with Crippen molar-refractivity contribution in [2.24, 2.45) is 0 Å². The molecule has 0 saturated heterocycles. The van der Waals surface area contributed by atoms with Gasteiger partial charge in [0.2, 0.25) is 0 Å². The van der Waals surface area contributed by atoms with Crippen molar-refractivity contribution in [3.63, 3.8) is 0 Å². The molecule has 0 aliphatic carbocycles. The number of rotatable bonds is 0. The third-order valence-corrected chi connectivity index (χ3v) is 0.545. The van der Waals surface area contributed by atoms with Crippen LogP contribution in [0.4, 0.5) is 0 Å². The minimum Gasteiger partial charge on any atom is -0.255 e. The van der Waals surface area contributed by atoms with Crippen LogP contribution in [-0.4, -0.2) is 0 Å². The summed E-state index contributed by atoms with van der Waals surface area (Å²) in [4.78, 5) is 0. The van der Waals surface area contributed by atoms with Crippen molar-refractivity contribution in [3.8, 4) is 11.6 Å². The molecule has 0 spiro atoms. The fourth-order valence-electron chi connectivity index (χ4n) is 0.0224. The first-order chi connectivity index (χ1) is 2.81. The van der Waals surface area contributed by atoms with Gasteiger partial charge in [0.05, 0.1) is 0 Å². The van der Waals surface area contributed by atoms with Crippen molar-refractivity contribution < 1.29 is 4.57 Å². The molecule has 0 unspecified atom stereocenters. The second kappa shape index (κ2) is 2.33. The van der Waals surface area contributed by atoms with E-state index in [-0.39, 0.29) is 0 Å². The Hall–Kier alpha value is -0.920. The standard InChI is InChI=1S/C2N2OP/c3-1-6(5)2-4. The first kappa shape index (κ1) is 5.08. The third-order valence-electron chi connectivity index (χ3n) is 0.182. The van der Waals surface area contributed by atoms with Crippen LogP contribution in [-0.2, 0) is 4.57 Å². The molecule has 0 aliphatic heterocycles. The molecule has 0 N–H and O–H groups in total. The highest BCUT2D eigenvalue weighted by molar-refractivity contribution is 7.55. The van der Waals surface area contributed by atoms with Gasteiger partial charge >= 0.3 is 0 Å². The first-order valence-corrected chi connectivity index (χ1v) is 2.34. The maximum Gasteiger partial charge on any atom is 0.283 e. The molecule has 0 aromatic carbocycles. The van der Waals surface area contributed by atoms with Crippen LogP contribution in [0.5, 0.6) is 0 Å². The molecule has 0 amide bonds. The van der Waals surface area contributed by atoms with Crippen molar-refractivity contribution in [2.45, 2.75) is 0 Å². The Labute approximate surface area is 35.6 Å². The highest BCUT2D eigenvalue weighted by Crippen LogP contribution is 2.11. The minimum absolute atomic E-state index is 1.26. The van der Waals surface area contributed by atoms with Crippen LogP contribution in [0.2, 0.25) is 0 Å². The van der Waals surface area contributed by atoms with Gasteiger partial charge in [-0.15, -0.1) is 0 Å². The smallest absolute Gasteiger partial charge is 0.255 e. The van der Waals surface area contributed by atoms with E-state index in [1.807, 2.05) is 0 Å². The molecule has 0 fully saturated rings. The van der Waals surface area contributed by atoms with Crippen molar-refractivity contribution in [1.82, 2.24) is 0 Å². The fraction of sp³-hybridized carbons (Fsp3) is 0. The van der Waals surface area contributed by atoms with Crippen LogP contribution in [0.15, 0.2) is 0 Å². The molecular weight excluding hydrogens is 99.0 g/mol. The Kier molecular flexibility index (Phi) is 1.97. The van der Waals surface area contributed by atoms with Crippen LogP contribution >= 0.6 is 7.80 Å². The highest BCUT2D eigenvalue weighted by atomic mass is 31.1. The van der Waals surface area contributed by atoms with Crippen LogP contribution < -0.4 is 0 Å². The van der Waals surface area contributed by atoms with E-state index < -0.39 is 7.80 Å². The summed E-state index contributed by atoms with van der Waals surface area (Å²) in [5, 5.41) is 15.2. The summed E-state index contributed by atoms with van der Waals surface area (Å²) in [5.74, 6) is 2.53. The molecule has 1 radical (unpaired) electrons. The second-order valence-electron chi connectivity index (χ2n) is 0.494. The maximum atomic E-state index is 9.61. The van der Waals surface area contributed by atoms with Gasteiger partial charge in [-0.2, -0.15) is 10.5 Å². The maximum absolute atomic E-state index is 9.61. The second-order valence-corrected chi connectivity index (χ2v) is 1.48. The first-order valence-electron chi connectivity index (χ1n) is 1.08. The lowest BCUT2D eigenvalue weighted by molar-refractivity contribution is 0.598. The van der Waals surface area contributed by atoms with E-state index in [0.29, 0.717) is 0 Å². The minimum atomic E-state index is -2.22. The summed E-state index contributed by atoms with van der Waals surface area (Å²) in [5.41, 5.74) is 0. The molecule has 0 bridgehead atoms. The van der Waals surface area contributed by atoms with E-state index in [0.717, 1.165) is 0 Å². The van der Waals surface area contributed by atoms with Crippen LogP contribution in [0.25, 0.3) is 0 Å². The topological polar surface area (TPSA) is 64.7 Å². The zero-order valence-electron chi connectivity index (χ0n) is 2.75. The molecule has 3 nitrogen and oxygen atoms in total. The summed E-state index contributed by atoms with van der Waals surface area (Å²) in [6, 6.07) is 0. The number of nitriles is 2. The molecule has 0 heterocycles. The van der Waals surface area contributed by atoms with Gasteiger partial charge in [-0.25, -0.2) is 0 Å². The lowest BCUT2D eigenvalue weighted by Crippen LogP contribution is -1.35. The Balaban J connectivity index is 3.75.